The maximum Gasteiger partial charge on any atom is 0.227 e. The summed E-state index contributed by atoms with van der Waals surface area (Å²) in [6.45, 7) is 1.50. The molecule has 4 rings (SSSR count). The van der Waals surface area contributed by atoms with Crippen molar-refractivity contribution in [3.63, 3.8) is 0 Å². The highest BCUT2D eigenvalue weighted by atomic mass is 16.3. The third-order valence-corrected chi connectivity index (χ3v) is 5.33. The van der Waals surface area contributed by atoms with E-state index in [0.29, 0.717) is 26.1 Å². The van der Waals surface area contributed by atoms with Crippen molar-refractivity contribution in [1.29, 1.82) is 0 Å². The number of hydrogen-bond donors (Lipinski definition) is 1. The number of para-hydroxylation sites is 1. The molecule has 7 nitrogen and oxygen atoms in total. The van der Waals surface area contributed by atoms with Crippen molar-refractivity contribution in [1.82, 2.24) is 15.1 Å². The predicted octanol–water partition coefficient (Wildman–Crippen LogP) is 0.781. The van der Waals surface area contributed by atoms with E-state index in [2.05, 4.69) is 5.32 Å². The Morgan fingerprint density at radius 1 is 1.23 bits per heavy atom. The van der Waals surface area contributed by atoms with E-state index in [1.165, 1.54) is 0 Å². The molecule has 0 spiro atoms. The summed E-state index contributed by atoms with van der Waals surface area (Å²) in [4.78, 5) is 39.9. The second kappa shape index (κ2) is 6.48. The monoisotopic (exact) mass is 355 g/mol. The second-order valence-corrected chi connectivity index (χ2v) is 6.95. The first-order chi connectivity index (χ1) is 12.6. The topological polar surface area (TPSA) is 82.9 Å². The number of rotatable bonds is 4. The van der Waals surface area contributed by atoms with Gasteiger partial charge in [0.15, 0.2) is 0 Å². The molecule has 3 amide bonds. The zero-order chi connectivity index (χ0) is 18.3. The van der Waals surface area contributed by atoms with E-state index in [9.17, 15) is 14.4 Å². The quantitative estimate of drug-likeness (QED) is 0.879. The van der Waals surface area contributed by atoms with Gasteiger partial charge in [-0.2, -0.15) is 0 Å². The van der Waals surface area contributed by atoms with Gasteiger partial charge in [0.2, 0.25) is 17.7 Å². The summed E-state index contributed by atoms with van der Waals surface area (Å²) in [6.07, 6.45) is 2.18. The summed E-state index contributed by atoms with van der Waals surface area (Å²) < 4.78 is 5.48. The molecule has 0 bridgehead atoms. The van der Waals surface area contributed by atoms with Crippen molar-refractivity contribution in [2.24, 2.45) is 5.92 Å². The maximum absolute atomic E-state index is 12.5. The Bertz CT molecular complexity index is 869. The number of benzene rings is 1. The lowest BCUT2D eigenvalue weighted by atomic mass is 10.0. The fourth-order valence-corrected chi connectivity index (χ4v) is 3.76. The van der Waals surface area contributed by atoms with E-state index in [1.54, 1.807) is 23.1 Å². The molecule has 2 saturated heterocycles. The second-order valence-electron chi connectivity index (χ2n) is 6.95. The van der Waals surface area contributed by atoms with Gasteiger partial charge in [-0.05, 0) is 6.07 Å². The zero-order valence-corrected chi connectivity index (χ0v) is 14.6. The van der Waals surface area contributed by atoms with Crippen LogP contribution in [0.1, 0.15) is 12.0 Å². The highest BCUT2D eigenvalue weighted by Crippen LogP contribution is 2.27. The van der Waals surface area contributed by atoms with Crippen LogP contribution in [0.15, 0.2) is 34.9 Å². The van der Waals surface area contributed by atoms with E-state index >= 15 is 0 Å². The molecule has 2 fully saturated rings. The summed E-state index contributed by atoms with van der Waals surface area (Å²) in [6, 6.07) is 7.67. The fraction of sp³-hybridized carbons (Fsp3) is 0.421. The number of fused-ring (bicyclic) bond motifs is 1. The molecule has 3 heterocycles. The van der Waals surface area contributed by atoms with Crippen LogP contribution >= 0.6 is 0 Å². The number of nitrogens with zero attached hydrogens (tertiary/aromatic N) is 2. The van der Waals surface area contributed by atoms with Gasteiger partial charge in [0.1, 0.15) is 5.58 Å². The Balaban J connectivity index is 1.34. The highest BCUT2D eigenvalue weighted by Gasteiger charge is 2.43. The van der Waals surface area contributed by atoms with Crippen molar-refractivity contribution in [2.45, 2.75) is 18.9 Å². The van der Waals surface area contributed by atoms with Gasteiger partial charge < -0.3 is 19.5 Å². The SMILES string of the molecule is CNC(=O)C1CC(=O)N(C2CN(C(=O)Cc3coc4ccccc34)C2)C1. The molecule has 1 unspecified atom stereocenters. The van der Waals surface area contributed by atoms with E-state index in [0.717, 1.165) is 16.5 Å². The Labute approximate surface area is 150 Å². The fourth-order valence-electron chi connectivity index (χ4n) is 3.76. The Hall–Kier alpha value is -2.83. The molecule has 1 atom stereocenters. The van der Waals surface area contributed by atoms with Gasteiger partial charge in [0.05, 0.1) is 24.6 Å². The average molecular weight is 355 g/mol. The number of carbonyl (C=O) groups excluding carboxylic acids is 3. The molecule has 7 heteroatoms. The van der Waals surface area contributed by atoms with Gasteiger partial charge in [0.25, 0.3) is 0 Å². The van der Waals surface area contributed by atoms with Crippen molar-refractivity contribution in [2.75, 3.05) is 26.7 Å². The summed E-state index contributed by atoms with van der Waals surface area (Å²) >= 11 is 0. The molecule has 0 aliphatic carbocycles. The van der Waals surface area contributed by atoms with Crippen LogP contribution in [-0.4, -0.2) is 60.2 Å². The lowest BCUT2D eigenvalue weighted by molar-refractivity contribution is -0.143. The smallest absolute Gasteiger partial charge is 0.227 e. The van der Waals surface area contributed by atoms with Crippen molar-refractivity contribution >= 4 is 28.7 Å². The lowest BCUT2D eigenvalue weighted by Crippen LogP contribution is -2.61. The van der Waals surface area contributed by atoms with Crippen LogP contribution in [0.3, 0.4) is 0 Å². The van der Waals surface area contributed by atoms with E-state index in [1.807, 2.05) is 24.3 Å². The zero-order valence-electron chi connectivity index (χ0n) is 14.6. The van der Waals surface area contributed by atoms with E-state index in [-0.39, 0.29) is 36.1 Å². The Morgan fingerprint density at radius 3 is 2.77 bits per heavy atom. The van der Waals surface area contributed by atoms with Crippen molar-refractivity contribution in [3.8, 4) is 0 Å². The maximum atomic E-state index is 12.5. The summed E-state index contributed by atoms with van der Waals surface area (Å²) in [5, 5.41) is 3.56. The summed E-state index contributed by atoms with van der Waals surface area (Å²) in [5.74, 6) is -0.353. The third kappa shape index (κ3) is 2.83. The van der Waals surface area contributed by atoms with Crippen LogP contribution in [0.2, 0.25) is 0 Å². The molecule has 136 valence electrons. The van der Waals surface area contributed by atoms with Crippen LogP contribution in [0.4, 0.5) is 0 Å². The highest BCUT2D eigenvalue weighted by molar-refractivity contribution is 5.90. The molecule has 0 radical (unpaired) electrons. The molecule has 26 heavy (non-hydrogen) atoms. The first-order valence-corrected chi connectivity index (χ1v) is 8.80. The molecule has 2 aromatic rings. The minimum absolute atomic E-state index is 0.00322. The first kappa shape index (κ1) is 16.6. The molecule has 2 aliphatic rings. The minimum Gasteiger partial charge on any atom is -0.464 e. The summed E-state index contributed by atoms with van der Waals surface area (Å²) in [7, 11) is 1.58. The molecular weight excluding hydrogens is 334 g/mol. The van der Waals surface area contributed by atoms with Crippen molar-refractivity contribution in [3.05, 3.63) is 36.1 Å². The van der Waals surface area contributed by atoms with Crippen molar-refractivity contribution < 1.29 is 18.8 Å². The van der Waals surface area contributed by atoms with Gasteiger partial charge in [-0.25, -0.2) is 0 Å². The van der Waals surface area contributed by atoms with Gasteiger partial charge in [-0.3, -0.25) is 14.4 Å². The Kier molecular flexibility index (Phi) is 4.14. The van der Waals surface area contributed by atoms with Gasteiger partial charge in [-0.15, -0.1) is 0 Å². The largest absolute Gasteiger partial charge is 0.464 e. The molecule has 2 aliphatic heterocycles. The first-order valence-electron chi connectivity index (χ1n) is 8.80. The van der Waals surface area contributed by atoms with Crippen LogP contribution in [0.5, 0.6) is 0 Å². The molecule has 1 aromatic heterocycles. The molecule has 0 saturated carbocycles. The van der Waals surface area contributed by atoms with Gasteiger partial charge in [-0.1, -0.05) is 18.2 Å². The normalized spacial score (nSPS) is 20.5. The third-order valence-electron chi connectivity index (χ3n) is 5.33. The molecule has 1 N–H and O–H groups in total. The number of hydrogen-bond acceptors (Lipinski definition) is 4. The standard InChI is InChI=1S/C19H21N3O4/c1-20-19(25)12-6-18(24)22(8-12)14-9-21(10-14)17(23)7-13-11-26-16-5-3-2-4-15(13)16/h2-5,11-12,14H,6-10H2,1H3,(H,20,25). The van der Waals surface area contributed by atoms with Gasteiger partial charge >= 0.3 is 0 Å². The van der Waals surface area contributed by atoms with E-state index < -0.39 is 0 Å². The molecule has 1 aromatic carbocycles. The van der Waals surface area contributed by atoms with Crippen LogP contribution < -0.4 is 5.32 Å². The number of carbonyl (C=O) groups is 3. The Morgan fingerprint density at radius 2 is 2.00 bits per heavy atom. The summed E-state index contributed by atoms with van der Waals surface area (Å²) in [5.41, 5.74) is 1.66. The van der Waals surface area contributed by atoms with Crippen LogP contribution in [0.25, 0.3) is 11.0 Å². The number of amides is 3. The van der Waals surface area contributed by atoms with Crippen LogP contribution in [0, 0.1) is 5.92 Å². The van der Waals surface area contributed by atoms with Gasteiger partial charge in [0, 0.05) is 44.1 Å². The molecular formula is C19H21N3O4. The minimum atomic E-state index is -0.283. The number of nitrogens with one attached hydrogen (secondary N) is 1. The predicted molar refractivity (Wildman–Crippen MR) is 94.2 cm³/mol. The van der Waals surface area contributed by atoms with Crippen LogP contribution in [-0.2, 0) is 20.8 Å². The van der Waals surface area contributed by atoms with E-state index in [4.69, 9.17) is 4.42 Å². The lowest BCUT2D eigenvalue weighted by Gasteiger charge is -2.44. The number of furan rings is 1. The average Bonchev–Trinajstić information content (AvgIpc) is 3.18. The number of likely N-dealkylation sites (tertiary alicyclic amines) is 2.